The number of rotatable bonds is 8. The number of amides is 1. The largest absolute Gasteiger partial charge is 0.507 e. The first-order chi connectivity index (χ1) is 16.0. The van der Waals surface area contributed by atoms with E-state index in [2.05, 4.69) is 10.2 Å². The molecule has 0 saturated carbocycles. The minimum absolute atomic E-state index is 0.00938. The summed E-state index contributed by atoms with van der Waals surface area (Å²) in [6.07, 6.45) is 2.40. The number of likely N-dealkylation sites (tertiary alicyclic amines) is 1. The molecule has 3 N–H and O–H groups in total. The second kappa shape index (κ2) is 10.2. The molecule has 0 spiro atoms. The van der Waals surface area contributed by atoms with Crippen molar-refractivity contribution in [3.8, 4) is 22.6 Å². The van der Waals surface area contributed by atoms with Crippen molar-refractivity contribution in [1.29, 1.82) is 0 Å². The van der Waals surface area contributed by atoms with Gasteiger partial charge in [0.25, 0.3) is 5.91 Å². The summed E-state index contributed by atoms with van der Waals surface area (Å²) >= 11 is 0. The first-order valence-electron chi connectivity index (χ1n) is 10.9. The number of hydrogen-bond acceptors (Lipinski definition) is 5. The van der Waals surface area contributed by atoms with E-state index in [1.165, 1.54) is 31.0 Å². The van der Waals surface area contributed by atoms with Gasteiger partial charge in [0.15, 0.2) is 0 Å². The third-order valence-electron chi connectivity index (χ3n) is 5.69. The van der Waals surface area contributed by atoms with Crippen LogP contribution in [0.15, 0.2) is 66.7 Å². The molecule has 3 aromatic carbocycles. The molecule has 7 heteroatoms. The summed E-state index contributed by atoms with van der Waals surface area (Å²) in [5.74, 6) is -1.53. The van der Waals surface area contributed by atoms with E-state index in [4.69, 9.17) is 4.74 Å². The van der Waals surface area contributed by atoms with E-state index in [1.54, 1.807) is 18.2 Å². The van der Waals surface area contributed by atoms with Crippen molar-refractivity contribution in [3.63, 3.8) is 0 Å². The molecule has 0 unspecified atom stereocenters. The Hall–Kier alpha value is -3.84. The van der Waals surface area contributed by atoms with Crippen LogP contribution < -0.4 is 10.1 Å². The van der Waals surface area contributed by atoms with Gasteiger partial charge in [0.2, 0.25) is 0 Å². The maximum atomic E-state index is 13.0. The van der Waals surface area contributed by atoms with Crippen molar-refractivity contribution in [2.75, 3.05) is 31.6 Å². The van der Waals surface area contributed by atoms with E-state index in [-0.39, 0.29) is 22.6 Å². The lowest BCUT2D eigenvalue weighted by molar-refractivity contribution is 0.0698. The predicted octanol–water partition coefficient (Wildman–Crippen LogP) is 4.48. The van der Waals surface area contributed by atoms with E-state index in [1.807, 2.05) is 30.3 Å². The molecular weight excluding hydrogens is 420 g/mol. The van der Waals surface area contributed by atoms with Gasteiger partial charge < -0.3 is 20.3 Å². The van der Waals surface area contributed by atoms with Crippen molar-refractivity contribution in [3.05, 3.63) is 77.9 Å². The zero-order valence-corrected chi connectivity index (χ0v) is 18.2. The highest BCUT2D eigenvalue weighted by Crippen LogP contribution is 2.28. The molecule has 0 aliphatic carbocycles. The van der Waals surface area contributed by atoms with Crippen LogP contribution in [0.5, 0.6) is 11.5 Å². The second-order valence-corrected chi connectivity index (χ2v) is 7.96. The lowest BCUT2D eigenvalue weighted by atomic mass is 10.0. The maximum Gasteiger partial charge on any atom is 0.337 e. The van der Waals surface area contributed by atoms with E-state index in [0.717, 1.165) is 30.8 Å². The molecule has 33 heavy (non-hydrogen) atoms. The van der Waals surface area contributed by atoms with Crippen LogP contribution in [-0.4, -0.2) is 53.2 Å². The standard InChI is InChI=1S/C26H26N2O5/c29-24-11-9-20(33-15-14-28-12-4-5-13-28)17-22(24)25(30)27-23-16-19(8-10-21(23)26(31)32)18-6-2-1-3-7-18/h1-3,6-11,16-17,29H,4-5,12-15H2,(H,27,30)(H,31,32). The van der Waals surface area contributed by atoms with Crippen LogP contribution in [0.25, 0.3) is 11.1 Å². The number of anilines is 1. The van der Waals surface area contributed by atoms with Crippen LogP contribution in [0.1, 0.15) is 33.6 Å². The number of benzene rings is 3. The second-order valence-electron chi connectivity index (χ2n) is 7.96. The van der Waals surface area contributed by atoms with Crippen molar-refractivity contribution in [1.82, 2.24) is 4.90 Å². The predicted molar refractivity (Wildman–Crippen MR) is 126 cm³/mol. The zero-order chi connectivity index (χ0) is 23.2. The molecule has 7 nitrogen and oxygen atoms in total. The van der Waals surface area contributed by atoms with E-state index in [9.17, 15) is 19.8 Å². The van der Waals surface area contributed by atoms with Gasteiger partial charge >= 0.3 is 5.97 Å². The van der Waals surface area contributed by atoms with Gasteiger partial charge in [-0.25, -0.2) is 4.79 Å². The Labute approximate surface area is 192 Å². The zero-order valence-electron chi connectivity index (χ0n) is 18.2. The highest BCUT2D eigenvalue weighted by Gasteiger charge is 2.18. The average molecular weight is 447 g/mol. The quantitative estimate of drug-likeness (QED) is 0.472. The first-order valence-corrected chi connectivity index (χ1v) is 10.9. The molecule has 1 heterocycles. The summed E-state index contributed by atoms with van der Waals surface area (Å²) in [7, 11) is 0. The Bertz CT molecular complexity index is 1140. The monoisotopic (exact) mass is 446 g/mol. The van der Waals surface area contributed by atoms with Crippen molar-refractivity contribution in [2.45, 2.75) is 12.8 Å². The molecule has 1 aliphatic rings. The molecule has 1 fully saturated rings. The molecule has 1 amide bonds. The third-order valence-corrected chi connectivity index (χ3v) is 5.69. The SMILES string of the molecule is O=C(Nc1cc(-c2ccccc2)ccc1C(=O)O)c1cc(OCCN2CCCC2)ccc1O. The van der Waals surface area contributed by atoms with Gasteiger partial charge in [0, 0.05) is 6.54 Å². The highest BCUT2D eigenvalue weighted by atomic mass is 16.5. The van der Waals surface area contributed by atoms with Gasteiger partial charge in [-0.3, -0.25) is 9.69 Å². The summed E-state index contributed by atoms with van der Waals surface area (Å²) in [4.78, 5) is 27.0. The topological polar surface area (TPSA) is 99.1 Å². The number of carboxylic acid groups (broad SMARTS) is 1. The Kier molecular flexibility index (Phi) is 6.90. The van der Waals surface area contributed by atoms with Gasteiger partial charge in [-0.2, -0.15) is 0 Å². The number of phenols is 1. The smallest absolute Gasteiger partial charge is 0.337 e. The number of carboxylic acids is 1. The normalized spacial score (nSPS) is 13.6. The van der Waals surface area contributed by atoms with Crippen LogP contribution >= 0.6 is 0 Å². The molecule has 170 valence electrons. The molecule has 3 aromatic rings. The van der Waals surface area contributed by atoms with Crippen LogP contribution in [0.3, 0.4) is 0 Å². The number of carbonyl (C=O) groups is 2. The van der Waals surface area contributed by atoms with Crippen LogP contribution in [0, 0.1) is 0 Å². The molecule has 0 aromatic heterocycles. The Morgan fingerprint density at radius 3 is 2.39 bits per heavy atom. The summed E-state index contributed by atoms with van der Waals surface area (Å²) in [6, 6.07) is 18.7. The summed E-state index contributed by atoms with van der Waals surface area (Å²) in [5.41, 5.74) is 1.77. The first kappa shape index (κ1) is 22.4. The molecule has 0 atom stereocenters. The number of nitrogens with one attached hydrogen (secondary N) is 1. The summed E-state index contributed by atoms with van der Waals surface area (Å²) < 4.78 is 5.78. The minimum atomic E-state index is -1.16. The summed E-state index contributed by atoms with van der Waals surface area (Å²) in [5, 5.41) is 22.5. The van der Waals surface area contributed by atoms with Crippen LogP contribution in [0.2, 0.25) is 0 Å². The Morgan fingerprint density at radius 1 is 0.909 bits per heavy atom. The molecular formula is C26H26N2O5. The lowest BCUT2D eigenvalue weighted by Gasteiger charge is -2.16. The molecule has 1 saturated heterocycles. The van der Waals surface area contributed by atoms with Crippen molar-refractivity contribution in [2.24, 2.45) is 0 Å². The van der Waals surface area contributed by atoms with Crippen molar-refractivity contribution < 1.29 is 24.5 Å². The number of phenolic OH excluding ortho intramolecular Hbond substituents is 1. The maximum absolute atomic E-state index is 13.0. The Balaban J connectivity index is 1.52. The van der Waals surface area contributed by atoms with Gasteiger partial charge in [-0.05, 0) is 67.4 Å². The number of nitrogens with zero attached hydrogens (tertiary/aromatic N) is 1. The number of carbonyl (C=O) groups excluding carboxylic acids is 1. The molecule has 1 aliphatic heterocycles. The van der Waals surface area contributed by atoms with Gasteiger partial charge in [0.1, 0.15) is 18.1 Å². The van der Waals surface area contributed by atoms with Crippen molar-refractivity contribution >= 4 is 17.6 Å². The number of hydrogen-bond donors (Lipinski definition) is 3. The molecule has 0 bridgehead atoms. The lowest BCUT2D eigenvalue weighted by Crippen LogP contribution is -2.25. The molecule has 4 rings (SSSR count). The molecule has 0 radical (unpaired) electrons. The Morgan fingerprint density at radius 2 is 1.67 bits per heavy atom. The van der Waals surface area contributed by atoms with E-state index < -0.39 is 11.9 Å². The number of ether oxygens (including phenoxy) is 1. The fraction of sp³-hybridized carbons (Fsp3) is 0.231. The van der Waals surface area contributed by atoms with E-state index in [0.29, 0.717) is 12.4 Å². The van der Waals surface area contributed by atoms with Crippen LogP contribution in [0.4, 0.5) is 5.69 Å². The fourth-order valence-corrected chi connectivity index (χ4v) is 3.92. The number of aromatic carboxylic acids is 1. The highest BCUT2D eigenvalue weighted by molar-refractivity contribution is 6.09. The van der Waals surface area contributed by atoms with Gasteiger partial charge in [-0.15, -0.1) is 0 Å². The average Bonchev–Trinajstić information content (AvgIpc) is 3.34. The fourth-order valence-electron chi connectivity index (χ4n) is 3.92. The van der Waals surface area contributed by atoms with Gasteiger partial charge in [0.05, 0.1) is 16.8 Å². The van der Waals surface area contributed by atoms with E-state index >= 15 is 0 Å². The van der Waals surface area contributed by atoms with Crippen LogP contribution in [-0.2, 0) is 0 Å². The number of aromatic hydroxyl groups is 1. The van der Waals surface area contributed by atoms with Gasteiger partial charge in [-0.1, -0.05) is 36.4 Å². The minimum Gasteiger partial charge on any atom is -0.507 e. The third kappa shape index (κ3) is 5.51. The summed E-state index contributed by atoms with van der Waals surface area (Å²) in [6.45, 7) is 3.42.